The molecule has 1 saturated heterocycles. The standard InChI is InChI=1S/C15H19NO4S/c1-2-16(15(13(17)18)8-9-21-11-15)14(19)20-10-12-6-4-3-5-7-12/h3-7H,2,8-11H2,1H3,(H,17,18). The van der Waals surface area contributed by atoms with E-state index in [2.05, 4.69) is 0 Å². The minimum Gasteiger partial charge on any atom is -0.479 e. The van der Waals surface area contributed by atoms with Crippen molar-refractivity contribution in [3.8, 4) is 0 Å². The molecule has 1 aromatic rings. The maximum Gasteiger partial charge on any atom is 0.411 e. The van der Waals surface area contributed by atoms with Crippen LogP contribution in [-0.2, 0) is 16.1 Å². The third-order valence-electron chi connectivity index (χ3n) is 3.66. The predicted molar refractivity (Wildman–Crippen MR) is 81.3 cm³/mol. The molecule has 1 aliphatic rings. The van der Waals surface area contributed by atoms with Crippen LogP contribution in [0.1, 0.15) is 18.9 Å². The Kier molecular flexibility index (Phi) is 5.12. The summed E-state index contributed by atoms with van der Waals surface area (Å²) in [6.45, 7) is 2.25. The topological polar surface area (TPSA) is 66.8 Å². The Hall–Kier alpha value is -1.69. The Morgan fingerprint density at radius 1 is 1.38 bits per heavy atom. The number of hydrogen-bond donors (Lipinski definition) is 1. The fraction of sp³-hybridized carbons (Fsp3) is 0.467. The Labute approximate surface area is 128 Å². The highest BCUT2D eigenvalue weighted by molar-refractivity contribution is 7.99. The smallest absolute Gasteiger partial charge is 0.411 e. The van der Waals surface area contributed by atoms with Crippen LogP contribution in [0.15, 0.2) is 30.3 Å². The first kappa shape index (κ1) is 15.7. The number of carboxylic acids is 1. The van der Waals surface area contributed by atoms with E-state index in [1.807, 2.05) is 30.3 Å². The van der Waals surface area contributed by atoms with Crippen molar-refractivity contribution in [2.75, 3.05) is 18.1 Å². The molecule has 0 aliphatic carbocycles. The summed E-state index contributed by atoms with van der Waals surface area (Å²) in [6, 6.07) is 9.35. The van der Waals surface area contributed by atoms with Crippen LogP contribution < -0.4 is 0 Å². The Morgan fingerprint density at radius 2 is 2.10 bits per heavy atom. The molecule has 0 spiro atoms. The van der Waals surface area contributed by atoms with Gasteiger partial charge in [0.05, 0.1) is 0 Å². The number of rotatable bonds is 5. The normalized spacial score (nSPS) is 21.0. The number of carbonyl (C=O) groups excluding carboxylic acids is 1. The zero-order valence-electron chi connectivity index (χ0n) is 11.9. The molecule has 0 aromatic heterocycles. The lowest BCUT2D eigenvalue weighted by atomic mass is 9.97. The second-order valence-electron chi connectivity index (χ2n) is 4.92. The van der Waals surface area contributed by atoms with E-state index in [1.165, 1.54) is 4.90 Å². The van der Waals surface area contributed by atoms with E-state index in [0.29, 0.717) is 18.7 Å². The van der Waals surface area contributed by atoms with Crippen molar-refractivity contribution in [2.45, 2.75) is 25.5 Å². The van der Waals surface area contributed by atoms with E-state index < -0.39 is 17.6 Å². The van der Waals surface area contributed by atoms with Crippen molar-refractivity contribution in [3.63, 3.8) is 0 Å². The number of likely N-dealkylation sites (N-methyl/N-ethyl adjacent to an activating group) is 1. The summed E-state index contributed by atoms with van der Waals surface area (Å²) < 4.78 is 5.28. The highest BCUT2D eigenvalue weighted by atomic mass is 32.2. The van der Waals surface area contributed by atoms with Gasteiger partial charge in [-0.25, -0.2) is 9.59 Å². The zero-order chi connectivity index (χ0) is 15.3. The van der Waals surface area contributed by atoms with Gasteiger partial charge in [-0.2, -0.15) is 11.8 Å². The van der Waals surface area contributed by atoms with Crippen molar-refractivity contribution in [2.24, 2.45) is 0 Å². The average molecular weight is 309 g/mol. The molecule has 1 heterocycles. The summed E-state index contributed by atoms with van der Waals surface area (Å²) >= 11 is 1.55. The quantitative estimate of drug-likeness (QED) is 0.905. The molecule has 6 heteroatoms. The van der Waals surface area contributed by atoms with Crippen LogP contribution in [0.25, 0.3) is 0 Å². The van der Waals surface area contributed by atoms with Gasteiger partial charge in [0.2, 0.25) is 0 Å². The number of amides is 1. The molecule has 0 radical (unpaired) electrons. The number of thioether (sulfide) groups is 1. The largest absolute Gasteiger partial charge is 0.479 e. The number of carbonyl (C=O) groups is 2. The molecule has 1 unspecified atom stereocenters. The number of carboxylic acid groups (broad SMARTS) is 1. The second-order valence-corrected chi connectivity index (χ2v) is 6.03. The van der Waals surface area contributed by atoms with Crippen molar-refractivity contribution >= 4 is 23.8 Å². The minimum absolute atomic E-state index is 0.152. The van der Waals surface area contributed by atoms with Crippen molar-refractivity contribution in [3.05, 3.63) is 35.9 Å². The van der Waals surface area contributed by atoms with Crippen LogP contribution in [0.2, 0.25) is 0 Å². The molecule has 1 aromatic carbocycles. The fourth-order valence-corrected chi connectivity index (χ4v) is 3.84. The maximum atomic E-state index is 12.3. The molecule has 2 rings (SSSR count). The molecule has 1 fully saturated rings. The Morgan fingerprint density at radius 3 is 2.62 bits per heavy atom. The number of benzene rings is 1. The summed E-state index contributed by atoms with van der Waals surface area (Å²) in [5, 5.41) is 9.54. The molecule has 1 amide bonds. The van der Waals surface area contributed by atoms with Gasteiger partial charge in [0.1, 0.15) is 6.61 Å². The lowest BCUT2D eigenvalue weighted by Gasteiger charge is -2.35. The number of ether oxygens (including phenoxy) is 1. The lowest BCUT2D eigenvalue weighted by Crippen LogP contribution is -2.57. The van der Waals surface area contributed by atoms with Crippen LogP contribution in [0.5, 0.6) is 0 Å². The van der Waals surface area contributed by atoms with E-state index in [4.69, 9.17) is 4.74 Å². The first-order valence-electron chi connectivity index (χ1n) is 6.89. The van der Waals surface area contributed by atoms with Crippen LogP contribution in [0.3, 0.4) is 0 Å². The van der Waals surface area contributed by atoms with Gasteiger partial charge >= 0.3 is 12.1 Å². The molecule has 21 heavy (non-hydrogen) atoms. The lowest BCUT2D eigenvalue weighted by molar-refractivity contribution is -0.149. The molecule has 0 saturated carbocycles. The summed E-state index contributed by atoms with van der Waals surface area (Å²) in [4.78, 5) is 25.3. The summed E-state index contributed by atoms with van der Waals surface area (Å²) in [6.07, 6.45) is -0.104. The Bertz CT molecular complexity index is 500. The van der Waals surface area contributed by atoms with Gasteiger partial charge in [-0.05, 0) is 24.7 Å². The second kappa shape index (κ2) is 6.85. The monoisotopic (exact) mass is 309 g/mol. The van der Waals surface area contributed by atoms with Crippen LogP contribution in [-0.4, -0.2) is 45.7 Å². The maximum absolute atomic E-state index is 12.3. The van der Waals surface area contributed by atoms with Crippen molar-refractivity contribution < 1.29 is 19.4 Å². The number of hydrogen-bond acceptors (Lipinski definition) is 4. The van der Waals surface area contributed by atoms with Gasteiger partial charge in [0.25, 0.3) is 0 Å². The summed E-state index contributed by atoms with van der Waals surface area (Å²) in [5.74, 6) is 0.205. The van der Waals surface area contributed by atoms with Crippen LogP contribution in [0.4, 0.5) is 4.79 Å². The molecular formula is C15H19NO4S. The number of nitrogens with zero attached hydrogens (tertiary/aromatic N) is 1. The van der Waals surface area contributed by atoms with E-state index in [1.54, 1.807) is 18.7 Å². The van der Waals surface area contributed by atoms with Crippen molar-refractivity contribution in [1.82, 2.24) is 4.90 Å². The first-order chi connectivity index (χ1) is 10.1. The van der Waals surface area contributed by atoms with Crippen LogP contribution in [0, 0.1) is 0 Å². The molecular weight excluding hydrogens is 290 g/mol. The minimum atomic E-state index is -1.13. The van der Waals surface area contributed by atoms with E-state index in [9.17, 15) is 14.7 Å². The highest BCUT2D eigenvalue weighted by Crippen LogP contribution is 2.34. The zero-order valence-corrected chi connectivity index (χ0v) is 12.8. The number of aliphatic carboxylic acids is 1. The van der Waals surface area contributed by atoms with E-state index in [0.717, 1.165) is 11.3 Å². The predicted octanol–water partition coefficient (Wildman–Crippen LogP) is 2.61. The Balaban J connectivity index is 2.06. The van der Waals surface area contributed by atoms with Gasteiger partial charge in [-0.3, -0.25) is 4.90 Å². The van der Waals surface area contributed by atoms with Gasteiger partial charge in [0.15, 0.2) is 5.54 Å². The van der Waals surface area contributed by atoms with Gasteiger partial charge < -0.3 is 9.84 Å². The third-order valence-corrected chi connectivity index (χ3v) is 4.83. The van der Waals surface area contributed by atoms with Crippen LogP contribution >= 0.6 is 11.8 Å². The third kappa shape index (κ3) is 3.32. The molecule has 1 atom stereocenters. The van der Waals surface area contributed by atoms with Gasteiger partial charge in [0, 0.05) is 12.3 Å². The van der Waals surface area contributed by atoms with Gasteiger partial charge in [-0.15, -0.1) is 0 Å². The molecule has 1 aliphatic heterocycles. The fourth-order valence-electron chi connectivity index (χ4n) is 2.45. The van der Waals surface area contributed by atoms with E-state index >= 15 is 0 Å². The molecule has 0 bridgehead atoms. The first-order valence-corrected chi connectivity index (χ1v) is 8.05. The molecule has 1 N–H and O–H groups in total. The summed E-state index contributed by atoms with van der Waals surface area (Å²) in [5.41, 5.74) is -0.250. The highest BCUT2D eigenvalue weighted by Gasteiger charge is 2.49. The SMILES string of the molecule is CCN(C(=O)OCc1ccccc1)C1(C(=O)O)CCSC1. The van der Waals surface area contributed by atoms with E-state index in [-0.39, 0.29) is 6.61 Å². The molecule has 114 valence electrons. The average Bonchev–Trinajstić information content (AvgIpc) is 2.98. The summed E-state index contributed by atoms with van der Waals surface area (Å²) in [7, 11) is 0. The van der Waals surface area contributed by atoms with Crippen molar-refractivity contribution in [1.29, 1.82) is 0 Å². The molecule has 5 nitrogen and oxygen atoms in total. The van der Waals surface area contributed by atoms with Gasteiger partial charge in [-0.1, -0.05) is 30.3 Å².